The minimum Gasteiger partial charge on any atom is -0.495 e. The van der Waals surface area contributed by atoms with Crippen molar-refractivity contribution in [2.45, 2.75) is 45.9 Å². The number of nitrogens with zero attached hydrogens (tertiary/aromatic N) is 1. The predicted molar refractivity (Wildman–Crippen MR) is 94.3 cm³/mol. The van der Waals surface area contributed by atoms with Crippen LogP contribution in [0.25, 0.3) is 0 Å². The number of nitrogens with one attached hydrogen (secondary N) is 1. The van der Waals surface area contributed by atoms with Crippen LogP contribution in [0.1, 0.15) is 34.6 Å². The van der Waals surface area contributed by atoms with Crippen LogP contribution in [0.5, 0.6) is 5.75 Å². The Morgan fingerprint density at radius 2 is 1.80 bits per heavy atom. The summed E-state index contributed by atoms with van der Waals surface area (Å²) in [6.45, 7) is 9.13. The van der Waals surface area contributed by atoms with E-state index in [0.29, 0.717) is 11.4 Å². The molecule has 1 aromatic carbocycles. The lowest BCUT2D eigenvalue weighted by molar-refractivity contribution is -0.235. The molecule has 0 spiro atoms. The summed E-state index contributed by atoms with van der Waals surface area (Å²) in [5, 5.41) is 3.33. The highest BCUT2D eigenvalue weighted by Gasteiger charge is 2.42. The number of carbonyl (C=O) groups excluding carboxylic acids is 2. The normalized spacial score (nSPS) is 18.0. The maximum absolute atomic E-state index is 11.9. The number of ether oxygens (including phenoxy) is 3. The molecular weight excluding hydrogens is 324 g/mol. The van der Waals surface area contributed by atoms with Crippen molar-refractivity contribution >= 4 is 29.5 Å². The van der Waals surface area contributed by atoms with Crippen LogP contribution in [0, 0.1) is 5.92 Å². The first-order valence-corrected chi connectivity index (χ1v) is 7.97. The Labute approximate surface area is 147 Å². The number of cyclic esters (lactones) is 2. The van der Waals surface area contributed by atoms with Crippen molar-refractivity contribution in [1.29, 1.82) is 0 Å². The van der Waals surface area contributed by atoms with E-state index in [0.717, 1.165) is 5.69 Å². The fourth-order valence-corrected chi connectivity index (χ4v) is 2.28. The zero-order valence-electron chi connectivity index (χ0n) is 15.4. The van der Waals surface area contributed by atoms with Crippen LogP contribution in [0.15, 0.2) is 23.2 Å². The van der Waals surface area contributed by atoms with E-state index in [1.165, 1.54) is 20.1 Å². The van der Waals surface area contributed by atoms with Gasteiger partial charge in [0.05, 0.1) is 18.5 Å². The van der Waals surface area contributed by atoms with Crippen molar-refractivity contribution in [2.24, 2.45) is 10.9 Å². The molecule has 0 atom stereocenters. The number of aliphatic imine (C=N–C) groups is 1. The highest BCUT2D eigenvalue weighted by atomic mass is 16.7. The zero-order valence-corrected chi connectivity index (χ0v) is 15.4. The molecule has 0 aliphatic carbocycles. The van der Waals surface area contributed by atoms with Gasteiger partial charge in [-0.15, -0.1) is 0 Å². The van der Waals surface area contributed by atoms with Gasteiger partial charge in [0.25, 0.3) is 5.79 Å². The first-order chi connectivity index (χ1) is 11.5. The molecule has 0 radical (unpaired) electrons. The number of methoxy groups -OCH3 is 1. The largest absolute Gasteiger partial charge is 0.495 e. The van der Waals surface area contributed by atoms with Gasteiger partial charge in [-0.3, -0.25) is 14.6 Å². The number of carbonyl (C=O) groups is 2. The third-order valence-corrected chi connectivity index (χ3v) is 3.27. The molecular formula is C18H24N2O5. The molecule has 0 bridgehead atoms. The molecule has 1 aromatic rings. The molecule has 7 nitrogen and oxygen atoms in total. The molecule has 1 heterocycles. The minimum absolute atomic E-state index is 0.125. The van der Waals surface area contributed by atoms with Crippen LogP contribution in [-0.2, 0) is 19.1 Å². The molecule has 25 heavy (non-hydrogen) atoms. The van der Waals surface area contributed by atoms with E-state index in [9.17, 15) is 9.59 Å². The summed E-state index contributed by atoms with van der Waals surface area (Å²) in [6.07, 6.45) is 1.23. The molecule has 2 rings (SSSR count). The average Bonchev–Trinajstić information content (AvgIpc) is 2.44. The lowest BCUT2D eigenvalue weighted by atomic mass is 10.1. The van der Waals surface area contributed by atoms with Crippen LogP contribution in [0.2, 0.25) is 0 Å². The van der Waals surface area contributed by atoms with Crippen molar-refractivity contribution in [3.63, 3.8) is 0 Å². The number of hydrogen-bond acceptors (Lipinski definition) is 7. The molecule has 0 aromatic heterocycles. The summed E-state index contributed by atoms with van der Waals surface area (Å²) < 4.78 is 15.5. The molecule has 1 fully saturated rings. The van der Waals surface area contributed by atoms with Gasteiger partial charge >= 0.3 is 11.9 Å². The first kappa shape index (κ1) is 18.8. The minimum atomic E-state index is -1.25. The van der Waals surface area contributed by atoms with Gasteiger partial charge in [0.2, 0.25) is 0 Å². The van der Waals surface area contributed by atoms with Crippen molar-refractivity contribution in [2.75, 3.05) is 12.4 Å². The van der Waals surface area contributed by atoms with Crippen molar-refractivity contribution in [3.05, 3.63) is 18.2 Å². The fourth-order valence-electron chi connectivity index (χ4n) is 2.28. The maximum atomic E-state index is 11.9. The Morgan fingerprint density at radius 3 is 2.32 bits per heavy atom. The summed E-state index contributed by atoms with van der Waals surface area (Å²) in [5.74, 6) is -3.17. The first-order valence-electron chi connectivity index (χ1n) is 7.97. The molecule has 0 amide bonds. The van der Waals surface area contributed by atoms with Gasteiger partial charge < -0.3 is 19.5 Å². The highest BCUT2D eigenvalue weighted by Crippen LogP contribution is 2.31. The third kappa shape index (κ3) is 4.95. The van der Waals surface area contributed by atoms with Gasteiger partial charge in [-0.2, -0.15) is 0 Å². The summed E-state index contributed by atoms with van der Waals surface area (Å²) in [7, 11) is 1.56. The summed E-state index contributed by atoms with van der Waals surface area (Å²) >= 11 is 0. The average molecular weight is 348 g/mol. The molecule has 0 unspecified atom stereocenters. The van der Waals surface area contributed by atoms with Crippen molar-refractivity contribution in [1.82, 2.24) is 0 Å². The molecule has 1 aliphatic rings. The number of benzene rings is 1. The molecule has 0 saturated carbocycles. The highest BCUT2D eigenvalue weighted by molar-refractivity contribution is 6.10. The third-order valence-electron chi connectivity index (χ3n) is 3.27. The van der Waals surface area contributed by atoms with Crippen molar-refractivity contribution in [3.8, 4) is 5.75 Å². The monoisotopic (exact) mass is 348 g/mol. The Hall–Kier alpha value is -2.57. The van der Waals surface area contributed by atoms with Crippen LogP contribution in [-0.4, -0.2) is 36.6 Å². The molecule has 7 heteroatoms. The molecule has 1 saturated heterocycles. The smallest absolute Gasteiger partial charge is 0.329 e. The van der Waals surface area contributed by atoms with Gasteiger partial charge in [0.1, 0.15) is 5.75 Å². The molecule has 136 valence electrons. The van der Waals surface area contributed by atoms with Crippen LogP contribution < -0.4 is 10.1 Å². The fraction of sp³-hybridized carbons (Fsp3) is 0.500. The second kappa shape index (κ2) is 6.74. The van der Waals surface area contributed by atoms with E-state index in [-0.39, 0.29) is 5.54 Å². The number of esters is 2. The summed E-state index contributed by atoms with van der Waals surface area (Å²) in [4.78, 5) is 28.0. The summed E-state index contributed by atoms with van der Waals surface area (Å²) in [6, 6.07) is 5.31. The Balaban J connectivity index is 2.18. The second-order valence-electron chi connectivity index (χ2n) is 7.26. The van der Waals surface area contributed by atoms with E-state index in [1.807, 2.05) is 26.8 Å². The number of rotatable bonds is 4. The predicted octanol–water partition coefficient (Wildman–Crippen LogP) is 3.06. The van der Waals surface area contributed by atoms with E-state index in [1.54, 1.807) is 19.2 Å². The Bertz CT molecular complexity index is 684. The lowest BCUT2D eigenvalue weighted by Crippen LogP contribution is -2.46. The molecule has 1 aliphatic heterocycles. The Kier molecular flexibility index (Phi) is 5.06. The molecule has 1 N–H and O–H groups in total. The van der Waals surface area contributed by atoms with Gasteiger partial charge in [0.15, 0.2) is 5.92 Å². The van der Waals surface area contributed by atoms with E-state index in [4.69, 9.17) is 14.2 Å². The number of anilines is 1. The quantitative estimate of drug-likeness (QED) is 0.511. The van der Waals surface area contributed by atoms with E-state index in [2.05, 4.69) is 10.3 Å². The Morgan fingerprint density at radius 1 is 1.20 bits per heavy atom. The lowest BCUT2D eigenvalue weighted by Gasteiger charge is -2.31. The van der Waals surface area contributed by atoms with Crippen LogP contribution in [0.3, 0.4) is 0 Å². The standard InChI is InChI=1S/C18H24N2O5/c1-17(2,3)20-13-8-7-11(9-14(13)23-6)19-10-12-15(21)24-18(4,5)25-16(12)22/h7-10,12,20H,1-6H3/b19-10+. The number of hydrogen-bond donors (Lipinski definition) is 1. The topological polar surface area (TPSA) is 86.2 Å². The van der Waals surface area contributed by atoms with Crippen LogP contribution >= 0.6 is 0 Å². The summed E-state index contributed by atoms with van der Waals surface area (Å²) in [5.41, 5.74) is 1.24. The maximum Gasteiger partial charge on any atom is 0.329 e. The van der Waals surface area contributed by atoms with Gasteiger partial charge in [-0.1, -0.05) is 0 Å². The van der Waals surface area contributed by atoms with Gasteiger partial charge in [-0.05, 0) is 32.9 Å². The van der Waals surface area contributed by atoms with Gasteiger partial charge in [-0.25, -0.2) is 0 Å². The van der Waals surface area contributed by atoms with Crippen molar-refractivity contribution < 1.29 is 23.8 Å². The van der Waals surface area contributed by atoms with Gasteiger partial charge in [0, 0.05) is 31.7 Å². The SMILES string of the molecule is COc1cc(/N=C/C2C(=O)OC(C)(C)OC2=O)ccc1NC(C)(C)C. The zero-order chi connectivity index (χ0) is 18.8. The van der Waals surface area contributed by atoms with E-state index >= 15 is 0 Å². The van der Waals surface area contributed by atoms with E-state index < -0.39 is 23.6 Å². The van der Waals surface area contributed by atoms with Crippen LogP contribution in [0.4, 0.5) is 11.4 Å². The second-order valence-corrected chi connectivity index (χ2v) is 7.26.